The van der Waals surface area contributed by atoms with Crippen molar-refractivity contribution in [2.75, 3.05) is 0 Å². The first-order chi connectivity index (χ1) is 12.7. The van der Waals surface area contributed by atoms with Gasteiger partial charge in [0.1, 0.15) is 0 Å². The summed E-state index contributed by atoms with van der Waals surface area (Å²) in [4.78, 5) is 8.77. The Morgan fingerprint density at radius 3 is 2.31 bits per heavy atom. The molecule has 0 N–H and O–H groups in total. The third kappa shape index (κ3) is 3.04. The van der Waals surface area contributed by atoms with Crippen LogP contribution in [0.1, 0.15) is 16.8 Å². The third-order valence-electron chi connectivity index (χ3n) is 4.94. The van der Waals surface area contributed by atoms with Gasteiger partial charge in [-0.2, -0.15) is 0 Å². The van der Waals surface area contributed by atoms with Crippen molar-refractivity contribution in [3.63, 3.8) is 0 Å². The van der Waals surface area contributed by atoms with Crippen molar-refractivity contribution in [2.45, 2.75) is 20.4 Å². The molecule has 0 aliphatic rings. The molecule has 2 aromatic carbocycles. The molecule has 0 amide bonds. The first-order valence-corrected chi connectivity index (χ1v) is 8.79. The summed E-state index contributed by atoms with van der Waals surface area (Å²) < 4.78 is 2.05. The molecule has 0 bridgehead atoms. The maximum absolute atomic E-state index is 4.63. The maximum atomic E-state index is 4.63. The zero-order valence-corrected chi connectivity index (χ0v) is 15.1. The number of nitrogens with zero attached hydrogens (tertiary/aromatic N) is 3. The Hall–Kier alpha value is -3.20. The molecule has 0 aliphatic heterocycles. The van der Waals surface area contributed by atoms with Crippen molar-refractivity contribution in [1.29, 1.82) is 0 Å². The zero-order valence-electron chi connectivity index (χ0n) is 15.1. The minimum atomic E-state index is 0.717. The first kappa shape index (κ1) is 16.3. The van der Waals surface area contributed by atoms with E-state index in [0.29, 0.717) is 0 Å². The highest BCUT2D eigenvalue weighted by Gasteiger charge is 2.13. The van der Waals surface area contributed by atoms with E-state index >= 15 is 0 Å². The number of pyridine rings is 1. The Morgan fingerprint density at radius 2 is 1.54 bits per heavy atom. The second-order valence-electron chi connectivity index (χ2n) is 6.51. The van der Waals surface area contributed by atoms with Crippen LogP contribution in [0.15, 0.2) is 79.5 Å². The van der Waals surface area contributed by atoms with Crippen LogP contribution < -0.4 is 0 Å². The maximum Gasteiger partial charge on any atom is 0.0949 e. The van der Waals surface area contributed by atoms with Crippen LogP contribution in [0.5, 0.6) is 0 Å². The van der Waals surface area contributed by atoms with E-state index in [4.69, 9.17) is 0 Å². The van der Waals surface area contributed by atoms with Crippen molar-refractivity contribution in [3.8, 4) is 22.3 Å². The van der Waals surface area contributed by atoms with Gasteiger partial charge < -0.3 is 4.57 Å². The van der Waals surface area contributed by atoms with Crippen molar-refractivity contribution in [1.82, 2.24) is 14.5 Å². The van der Waals surface area contributed by atoms with Gasteiger partial charge in [-0.1, -0.05) is 48.5 Å². The first-order valence-electron chi connectivity index (χ1n) is 8.79. The molecule has 0 unspecified atom stereocenters. The van der Waals surface area contributed by atoms with Crippen molar-refractivity contribution >= 4 is 0 Å². The highest BCUT2D eigenvalue weighted by molar-refractivity contribution is 5.77. The summed E-state index contributed by atoms with van der Waals surface area (Å²) in [5, 5.41) is 0. The Kier molecular flexibility index (Phi) is 4.36. The molecule has 2 heterocycles. The van der Waals surface area contributed by atoms with Gasteiger partial charge in [0.05, 0.1) is 18.6 Å². The van der Waals surface area contributed by atoms with Crippen molar-refractivity contribution in [2.24, 2.45) is 0 Å². The molecule has 26 heavy (non-hydrogen) atoms. The minimum Gasteiger partial charge on any atom is -0.331 e. The quantitative estimate of drug-likeness (QED) is 0.506. The predicted octanol–water partition coefficient (Wildman–Crippen LogP) is 5.28. The van der Waals surface area contributed by atoms with E-state index in [-0.39, 0.29) is 0 Å². The van der Waals surface area contributed by atoms with Crippen LogP contribution in [0.4, 0.5) is 0 Å². The summed E-state index contributed by atoms with van der Waals surface area (Å²) in [5.41, 5.74) is 8.63. The molecule has 0 spiro atoms. The number of rotatable bonds is 4. The fourth-order valence-electron chi connectivity index (χ4n) is 3.41. The van der Waals surface area contributed by atoms with Crippen LogP contribution in [0.2, 0.25) is 0 Å². The second kappa shape index (κ2) is 6.96. The number of imidazole rings is 1. The number of aromatic nitrogens is 3. The van der Waals surface area contributed by atoms with E-state index in [1.807, 2.05) is 29.4 Å². The Bertz CT molecular complexity index is 1020. The van der Waals surface area contributed by atoms with Crippen LogP contribution >= 0.6 is 0 Å². The Balaban J connectivity index is 1.79. The largest absolute Gasteiger partial charge is 0.331 e. The Morgan fingerprint density at radius 1 is 0.769 bits per heavy atom. The third-order valence-corrected chi connectivity index (χ3v) is 4.94. The SMILES string of the molecule is Cc1c(-c2ccccc2)ccc(-c2cccnc2Cn2ccnc2)c1C. The van der Waals surface area contributed by atoms with Gasteiger partial charge in [-0.05, 0) is 47.7 Å². The molecule has 3 heteroatoms. The van der Waals surface area contributed by atoms with Gasteiger partial charge in [-0.15, -0.1) is 0 Å². The lowest BCUT2D eigenvalue weighted by Gasteiger charge is -2.16. The monoisotopic (exact) mass is 339 g/mol. The summed E-state index contributed by atoms with van der Waals surface area (Å²) >= 11 is 0. The van der Waals surface area contributed by atoms with Gasteiger partial charge in [-0.3, -0.25) is 4.98 Å². The molecule has 0 aliphatic carbocycles. The molecule has 0 saturated carbocycles. The Labute approximate surface area is 154 Å². The van der Waals surface area contributed by atoms with E-state index in [2.05, 4.69) is 72.3 Å². The number of hydrogen-bond acceptors (Lipinski definition) is 2. The number of benzene rings is 2. The summed E-state index contributed by atoms with van der Waals surface area (Å²) in [6.07, 6.45) is 7.45. The molecule has 128 valence electrons. The normalized spacial score (nSPS) is 10.8. The van der Waals surface area contributed by atoms with Crippen LogP contribution in [-0.2, 0) is 6.54 Å². The summed E-state index contributed by atoms with van der Waals surface area (Å²) in [7, 11) is 0. The molecule has 0 saturated heterocycles. The minimum absolute atomic E-state index is 0.717. The van der Waals surface area contributed by atoms with Gasteiger partial charge in [0.15, 0.2) is 0 Å². The van der Waals surface area contributed by atoms with Gasteiger partial charge in [-0.25, -0.2) is 4.98 Å². The fraction of sp³-hybridized carbons (Fsp3) is 0.130. The molecule has 4 aromatic rings. The smallest absolute Gasteiger partial charge is 0.0949 e. The summed E-state index contributed by atoms with van der Waals surface area (Å²) in [6, 6.07) is 19.2. The zero-order chi connectivity index (χ0) is 17.9. The summed E-state index contributed by atoms with van der Waals surface area (Å²) in [6.45, 7) is 5.12. The highest BCUT2D eigenvalue weighted by atomic mass is 15.0. The molecular formula is C23H21N3. The second-order valence-corrected chi connectivity index (χ2v) is 6.51. The predicted molar refractivity (Wildman–Crippen MR) is 106 cm³/mol. The topological polar surface area (TPSA) is 30.7 Å². The molecule has 0 radical (unpaired) electrons. The molecule has 3 nitrogen and oxygen atoms in total. The average Bonchev–Trinajstić information content (AvgIpc) is 3.18. The molecule has 0 atom stereocenters. The standard InChI is InChI=1S/C23H21N3/c1-17-18(2)21(11-10-20(17)19-7-4-3-5-8-19)22-9-6-12-25-23(22)15-26-14-13-24-16-26/h3-14,16H,15H2,1-2H3. The van der Waals surface area contributed by atoms with E-state index in [9.17, 15) is 0 Å². The highest BCUT2D eigenvalue weighted by Crippen LogP contribution is 2.33. The van der Waals surface area contributed by atoms with Gasteiger partial charge in [0, 0.05) is 24.2 Å². The lowest BCUT2D eigenvalue weighted by molar-refractivity contribution is 0.775. The molecular weight excluding hydrogens is 318 g/mol. The van der Waals surface area contributed by atoms with Crippen molar-refractivity contribution < 1.29 is 0 Å². The fourth-order valence-corrected chi connectivity index (χ4v) is 3.41. The van der Waals surface area contributed by atoms with Crippen LogP contribution in [0, 0.1) is 13.8 Å². The van der Waals surface area contributed by atoms with E-state index in [0.717, 1.165) is 12.2 Å². The van der Waals surface area contributed by atoms with Crippen LogP contribution in [-0.4, -0.2) is 14.5 Å². The summed E-state index contributed by atoms with van der Waals surface area (Å²) in [5.74, 6) is 0. The van der Waals surface area contributed by atoms with Gasteiger partial charge in [0.25, 0.3) is 0 Å². The molecule has 4 rings (SSSR count). The number of hydrogen-bond donors (Lipinski definition) is 0. The molecule has 0 fully saturated rings. The van der Waals surface area contributed by atoms with E-state index in [1.165, 1.54) is 33.4 Å². The lowest BCUT2D eigenvalue weighted by atomic mass is 9.90. The average molecular weight is 339 g/mol. The van der Waals surface area contributed by atoms with Crippen molar-refractivity contribution in [3.05, 3.63) is 96.3 Å². The van der Waals surface area contributed by atoms with E-state index in [1.54, 1.807) is 6.20 Å². The molecule has 2 aromatic heterocycles. The lowest BCUT2D eigenvalue weighted by Crippen LogP contribution is -2.02. The van der Waals surface area contributed by atoms with Crippen LogP contribution in [0.3, 0.4) is 0 Å². The van der Waals surface area contributed by atoms with E-state index < -0.39 is 0 Å². The van der Waals surface area contributed by atoms with Gasteiger partial charge >= 0.3 is 0 Å². The van der Waals surface area contributed by atoms with Gasteiger partial charge in [0.2, 0.25) is 0 Å². The van der Waals surface area contributed by atoms with Crippen LogP contribution in [0.25, 0.3) is 22.3 Å².